The lowest BCUT2D eigenvalue weighted by Crippen LogP contribution is -2.24. The van der Waals surface area contributed by atoms with E-state index in [1.54, 1.807) is 6.82 Å². The topological polar surface area (TPSA) is 173 Å². The van der Waals surface area contributed by atoms with E-state index in [1.165, 1.54) is 20.9 Å². The number of sulfonamides is 2. The Bertz CT molecular complexity index is 565. The maximum absolute atomic E-state index is 10.5. The summed E-state index contributed by atoms with van der Waals surface area (Å²) in [7, 11) is -4.69. The third kappa shape index (κ3) is 58.4. The number of rotatable bonds is 9. The molecule has 0 spiro atoms. The van der Waals surface area contributed by atoms with E-state index in [0.717, 1.165) is 42.4 Å². The van der Waals surface area contributed by atoms with E-state index in [4.69, 9.17) is 5.02 Å². The third-order valence-corrected chi connectivity index (χ3v) is 5.22. The zero-order chi connectivity index (χ0) is 24.1. The molecule has 0 radical (unpaired) electrons. The van der Waals surface area contributed by atoms with Gasteiger partial charge in [0.2, 0.25) is 20.0 Å². The van der Waals surface area contributed by atoms with Crippen molar-refractivity contribution < 1.29 is 31.4 Å². The first-order valence-corrected chi connectivity index (χ1v) is 14.3. The lowest BCUT2D eigenvalue weighted by Gasteiger charge is -1.98. The summed E-state index contributed by atoms with van der Waals surface area (Å²) in [5.41, 5.74) is 4.50. The highest BCUT2D eigenvalue weighted by atomic mass is 32.2. The second-order valence-electron chi connectivity index (χ2n) is 5.27. The minimum atomic E-state index is -3.10. The first kappa shape index (κ1) is 36.2. The first-order chi connectivity index (χ1) is 13.1. The van der Waals surface area contributed by atoms with Gasteiger partial charge in [-0.1, -0.05) is 43.6 Å². The van der Waals surface area contributed by atoms with Crippen molar-refractivity contribution >= 4 is 60.7 Å². The molecule has 0 atom stereocenters. The lowest BCUT2D eigenvalue weighted by molar-refractivity contribution is -0.109. The van der Waals surface area contributed by atoms with Gasteiger partial charge < -0.3 is 10.8 Å². The highest BCUT2D eigenvalue weighted by Crippen LogP contribution is 1.98. The van der Waals surface area contributed by atoms with Crippen molar-refractivity contribution in [3.63, 3.8) is 0 Å². The molecule has 10 nitrogen and oxygen atoms in total. The smallest absolute Gasteiger partial charge is 0.285 e. The molecule has 15 heteroatoms. The summed E-state index contributed by atoms with van der Waals surface area (Å²) in [6.45, 7) is 7.13. The van der Waals surface area contributed by atoms with Crippen molar-refractivity contribution in [3.05, 3.63) is 0 Å². The molecule has 0 aliphatic carbocycles. The molecule has 0 aliphatic heterocycles. The number of hydrogen-bond donors (Lipinski definition) is 4. The average Bonchev–Trinajstić information content (AvgIpc) is 2.57. The summed E-state index contributed by atoms with van der Waals surface area (Å²) in [6.07, 6.45) is 3.04. The molecule has 29 heavy (non-hydrogen) atoms. The zero-order valence-corrected chi connectivity index (χ0v) is 21.5. The van der Waals surface area contributed by atoms with Crippen molar-refractivity contribution in [1.82, 2.24) is 9.44 Å². The summed E-state index contributed by atoms with van der Waals surface area (Å²) < 4.78 is 46.4. The van der Waals surface area contributed by atoms with Gasteiger partial charge in [0.15, 0.2) is 10.2 Å². The first-order valence-electron chi connectivity index (χ1n) is 8.52. The molecular weight excluding hydrogens is 461 g/mol. The normalized spacial score (nSPS) is 10.2. The molecule has 5 N–H and O–H groups in total. The number of carbonyl (C=O) groups excluding carboxylic acids is 2. The van der Waals surface area contributed by atoms with E-state index < -0.39 is 20.0 Å². The van der Waals surface area contributed by atoms with E-state index in [-0.39, 0.29) is 17.1 Å². The predicted molar refractivity (Wildman–Crippen MR) is 126 cm³/mol. The Balaban J connectivity index is -0.000000164. The van der Waals surface area contributed by atoms with Crippen molar-refractivity contribution in [1.29, 1.82) is 0 Å². The molecular formula is C14H36BN3O7S4. The fraction of sp³-hybridized carbons (Fsp3) is 0.857. The van der Waals surface area contributed by atoms with E-state index in [9.17, 15) is 26.4 Å². The highest BCUT2D eigenvalue weighted by molar-refractivity contribution is 8.13. The van der Waals surface area contributed by atoms with Crippen LogP contribution in [0, 0.1) is 0 Å². The Morgan fingerprint density at radius 2 is 1.14 bits per heavy atom. The van der Waals surface area contributed by atoms with Crippen LogP contribution in [0.25, 0.3) is 0 Å². The van der Waals surface area contributed by atoms with Gasteiger partial charge in [-0.3, -0.25) is 9.59 Å². The van der Waals surface area contributed by atoms with Gasteiger partial charge in [0.25, 0.3) is 6.92 Å². The SMILES string of the molecule is CC(=O)SCCNS(C)(=O)=O.CC(=O)SCCNS(C)(=O)=O.CCB(C)O.CN. The Hall–Kier alpha value is -0.155. The third-order valence-electron chi connectivity index (χ3n) is 2.13. The zero-order valence-electron chi connectivity index (χ0n) is 18.2. The van der Waals surface area contributed by atoms with Gasteiger partial charge in [0.1, 0.15) is 0 Å². The molecule has 0 heterocycles. The van der Waals surface area contributed by atoms with Gasteiger partial charge >= 0.3 is 0 Å². The van der Waals surface area contributed by atoms with Crippen LogP contribution in [0.3, 0.4) is 0 Å². The van der Waals surface area contributed by atoms with E-state index in [2.05, 4.69) is 15.2 Å². The van der Waals surface area contributed by atoms with Gasteiger partial charge in [0.05, 0.1) is 12.5 Å². The molecule has 0 aromatic rings. The Morgan fingerprint density at radius 3 is 1.28 bits per heavy atom. The van der Waals surface area contributed by atoms with Gasteiger partial charge in [0, 0.05) is 38.4 Å². The van der Waals surface area contributed by atoms with Crippen LogP contribution in [0.5, 0.6) is 0 Å². The molecule has 0 aromatic heterocycles. The monoisotopic (exact) mass is 497 g/mol. The number of nitrogens with two attached hydrogens (primary N) is 1. The number of carbonyl (C=O) groups is 2. The van der Waals surface area contributed by atoms with E-state index >= 15 is 0 Å². The van der Waals surface area contributed by atoms with Crippen molar-refractivity contribution in [3.8, 4) is 0 Å². The predicted octanol–water partition coefficient (Wildman–Crippen LogP) is -0.175. The highest BCUT2D eigenvalue weighted by Gasteiger charge is 2.00. The van der Waals surface area contributed by atoms with Crippen LogP contribution < -0.4 is 15.2 Å². The van der Waals surface area contributed by atoms with Crippen LogP contribution in [0.2, 0.25) is 13.1 Å². The minimum absolute atomic E-state index is 0.000279. The quantitative estimate of drug-likeness (QED) is 0.247. The molecule has 176 valence electrons. The number of hydrogen-bond acceptors (Lipinski definition) is 10. The molecule has 0 fully saturated rings. The second kappa shape index (κ2) is 22.5. The Kier molecular flexibility index (Phi) is 28.1. The summed E-state index contributed by atoms with van der Waals surface area (Å²) >= 11 is 2.21. The summed E-state index contributed by atoms with van der Waals surface area (Å²) in [5.74, 6) is 0.977. The number of nitrogens with one attached hydrogen (secondary N) is 2. The average molecular weight is 498 g/mol. The van der Waals surface area contributed by atoms with Crippen molar-refractivity contribution in [2.75, 3.05) is 44.2 Å². The van der Waals surface area contributed by atoms with Gasteiger partial charge in [-0.05, 0) is 7.05 Å². The van der Waals surface area contributed by atoms with Crippen LogP contribution in [-0.4, -0.2) is 83.2 Å². The molecule has 0 rings (SSSR count). The van der Waals surface area contributed by atoms with Crippen LogP contribution >= 0.6 is 23.5 Å². The van der Waals surface area contributed by atoms with Crippen LogP contribution in [-0.2, 0) is 29.6 Å². The summed E-state index contributed by atoms with van der Waals surface area (Å²) in [6, 6.07) is 0. The maximum Gasteiger partial charge on any atom is 0.285 e. The maximum atomic E-state index is 10.5. The van der Waals surface area contributed by atoms with Crippen LogP contribution in [0.15, 0.2) is 0 Å². The Labute approximate surface area is 185 Å². The molecule has 0 aromatic carbocycles. The molecule has 0 saturated carbocycles. The van der Waals surface area contributed by atoms with E-state index in [1.807, 2.05) is 6.92 Å². The summed E-state index contributed by atoms with van der Waals surface area (Å²) in [5, 5.41) is 8.36. The second-order valence-corrected chi connectivity index (χ2v) is 11.5. The molecule has 0 aliphatic rings. The summed E-state index contributed by atoms with van der Waals surface area (Å²) in [4.78, 5) is 20.7. The van der Waals surface area contributed by atoms with Gasteiger partial charge in [-0.25, -0.2) is 26.3 Å². The van der Waals surface area contributed by atoms with Gasteiger partial charge in [-0.2, -0.15) is 0 Å². The Morgan fingerprint density at radius 1 is 0.897 bits per heavy atom. The lowest BCUT2D eigenvalue weighted by atomic mass is 9.69. The van der Waals surface area contributed by atoms with Crippen LogP contribution in [0.1, 0.15) is 20.8 Å². The van der Waals surface area contributed by atoms with Crippen molar-refractivity contribution in [2.45, 2.75) is 33.9 Å². The largest absolute Gasteiger partial charge is 0.451 e. The fourth-order valence-corrected chi connectivity index (χ4v) is 3.03. The number of thioether (sulfide) groups is 2. The molecule has 0 bridgehead atoms. The van der Waals surface area contributed by atoms with Crippen LogP contribution in [0.4, 0.5) is 0 Å². The molecule has 0 unspecified atom stereocenters. The molecule has 0 saturated heterocycles. The standard InChI is InChI=1S/2C5H11NO3S2.C3H9BO.CH5N/c2*1-5(7)10-4-3-6-11(2,8)9;1-3-4(2)5;1-2/h2*6H,3-4H2,1-2H3;5H,3H2,1-2H3;2H2,1H3. The van der Waals surface area contributed by atoms with Crippen molar-refractivity contribution in [2.24, 2.45) is 5.73 Å². The fourth-order valence-electron chi connectivity index (χ4n) is 0.844. The minimum Gasteiger partial charge on any atom is -0.451 e. The van der Waals surface area contributed by atoms with Gasteiger partial charge in [-0.15, -0.1) is 0 Å². The molecule has 0 amide bonds. The van der Waals surface area contributed by atoms with E-state index in [0.29, 0.717) is 24.6 Å².